The number of rotatable bonds is 5. The van der Waals surface area contributed by atoms with Crippen LogP contribution in [0.1, 0.15) is 34.6 Å². The number of halogens is 2. The number of benzene rings is 1. The standard InChI is InChI=1S/C22H25BrFN3O4/c1-13-10-27(14(2)12-28)22(30)17-8-15(23)9-25-20(17)31-19(13)11-26(3)21(29)16-6-4-5-7-18(16)24/h4-9,13-14,19,28H,10-12H2,1-3H3/t13-,14-,19+/m1/s1. The highest BCUT2D eigenvalue weighted by atomic mass is 79.9. The molecule has 7 nitrogen and oxygen atoms in total. The molecule has 2 amide bonds. The molecule has 3 rings (SSSR count). The van der Waals surface area contributed by atoms with Crippen LogP contribution in [-0.2, 0) is 0 Å². The van der Waals surface area contributed by atoms with Gasteiger partial charge >= 0.3 is 0 Å². The van der Waals surface area contributed by atoms with Gasteiger partial charge in [0.05, 0.1) is 24.8 Å². The summed E-state index contributed by atoms with van der Waals surface area (Å²) in [5, 5.41) is 9.65. The lowest BCUT2D eigenvalue weighted by molar-refractivity contribution is 0.0312. The molecule has 166 valence electrons. The molecule has 1 N–H and O–H groups in total. The Morgan fingerprint density at radius 2 is 2.16 bits per heavy atom. The topological polar surface area (TPSA) is 83.0 Å². The lowest BCUT2D eigenvalue weighted by atomic mass is 10.00. The minimum Gasteiger partial charge on any atom is -0.472 e. The normalized spacial score (nSPS) is 19.7. The van der Waals surface area contributed by atoms with E-state index in [-0.39, 0.29) is 42.0 Å². The minimum atomic E-state index is -0.587. The fourth-order valence-corrected chi connectivity index (χ4v) is 3.82. The highest BCUT2D eigenvalue weighted by molar-refractivity contribution is 9.10. The van der Waals surface area contributed by atoms with E-state index in [4.69, 9.17) is 4.74 Å². The number of ether oxygens (including phenoxy) is 1. The van der Waals surface area contributed by atoms with E-state index in [0.29, 0.717) is 11.0 Å². The van der Waals surface area contributed by atoms with Crippen molar-refractivity contribution in [1.29, 1.82) is 0 Å². The summed E-state index contributed by atoms with van der Waals surface area (Å²) in [6.07, 6.45) is 1.03. The summed E-state index contributed by atoms with van der Waals surface area (Å²) in [5.41, 5.74) is 0.256. The maximum atomic E-state index is 14.1. The maximum absolute atomic E-state index is 14.1. The largest absolute Gasteiger partial charge is 0.472 e. The van der Waals surface area contributed by atoms with Crippen LogP contribution in [0.3, 0.4) is 0 Å². The van der Waals surface area contributed by atoms with Gasteiger partial charge in [-0.3, -0.25) is 9.59 Å². The smallest absolute Gasteiger partial charge is 0.259 e. The average Bonchev–Trinajstić information content (AvgIpc) is 2.76. The van der Waals surface area contributed by atoms with Crippen LogP contribution >= 0.6 is 15.9 Å². The predicted octanol–water partition coefficient (Wildman–Crippen LogP) is 2.98. The molecule has 3 atom stereocenters. The summed E-state index contributed by atoms with van der Waals surface area (Å²) in [7, 11) is 1.58. The fraction of sp³-hybridized carbons (Fsp3) is 0.409. The summed E-state index contributed by atoms with van der Waals surface area (Å²) < 4.78 is 20.8. The Morgan fingerprint density at radius 1 is 1.45 bits per heavy atom. The van der Waals surface area contributed by atoms with Gasteiger partial charge in [0.1, 0.15) is 17.5 Å². The number of pyridine rings is 1. The Hall–Kier alpha value is -2.52. The molecular weight excluding hydrogens is 469 g/mol. The predicted molar refractivity (Wildman–Crippen MR) is 116 cm³/mol. The molecule has 31 heavy (non-hydrogen) atoms. The van der Waals surface area contributed by atoms with Gasteiger partial charge in [-0.05, 0) is 41.1 Å². The Bertz CT molecular complexity index is 974. The van der Waals surface area contributed by atoms with Crippen LogP contribution in [0.5, 0.6) is 5.88 Å². The number of carbonyl (C=O) groups is 2. The number of nitrogens with zero attached hydrogens (tertiary/aromatic N) is 3. The lowest BCUT2D eigenvalue weighted by Gasteiger charge is -2.37. The fourth-order valence-electron chi connectivity index (χ4n) is 3.49. The van der Waals surface area contributed by atoms with Gasteiger partial charge < -0.3 is 19.6 Å². The zero-order valence-electron chi connectivity index (χ0n) is 17.6. The van der Waals surface area contributed by atoms with Crippen LogP contribution in [0.25, 0.3) is 0 Å². The number of aromatic nitrogens is 1. The summed E-state index contributed by atoms with van der Waals surface area (Å²) in [6, 6.07) is 7.04. The van der Waals surface area contributed by atoms with Crippen molar-refractivity contribution in [2.75, 3.05) is 26.7 Å². The van der Waals surface area contributed by atoms with E-state index in [0.717, 1.165) is 0 Å². The molecule has 1 aromatic carbocycles. The van der Waals surface area contributed by atoms with Crippen LogP contribution < -0.4 is 4.74 Å². The molecule has 1 aliphatic heterocycles. The Balaban J connectivity index is 1.91. The second kappa shape index (κ2) is 9.74. The molecule has 0 unspecified atom stereocenters. The number of carbonyl (C=O) groups excluding carboxylic acids is 2. The molecule has 0 radical (unpaired) electrons. The first-order chi connectivity index (χ1) is 14.7. The van der Waals surface area contributed by atoms with E-state index in [1.54, 1.807) is 31.0 Å². The monoisotopic (exact) mass is 493 g/mol. The summed E-state index contributed by atoms with van der Waals surface area (Å²) in [4.78, 5) is 33.1. The van der Waals surface area contributed by atoms with Gasteiger partial charge in [-0.2, -0.15) is 0 Å². The van der Waals surface area contributed by atoms with Crippen molar-refractivity contribution in [2.45, 2.75) is 26.0 Å². The van der Waals surface area contributed by atoms with Gasteiger partial charge in [-0.1, -0.05) is 19.1 Å². The number of hydrogen-bond acceptors (Lipinski definition) is 5. The van der Waals surface area contributed by atoms with Crippen molar-refractivity contribution in [3.8, 4) is 5.88 Å². The van der Waals surface area contributed by atoms with Crippen molar-refractivity contribution < 1.29 is 23.8 Å². The lowest BCUT2D eigenvalue weighted by Crippen LogP contribution is -2.50. The van der Waals surface area contributed by atoms with Crippen molar-refractivity contribution >= 4 is 27.7 Å². The molecule has 1 aromatic heterocycles. The number of amides is 2. The molecule has 2 heterocycles. The second-order valence-corrected chi connectivity index (χ2v) is 8.71. The Morgan fingerprint density at radius 3 is 2.84 bits per heavy atom. The molecular formula is C22H25BrFN3O4. The summed E-state index contributed by atoms with van der Waals surface area (Å²) >= 11 is 3.33. The number of likely N-dealkylation sites (N-methyl/N-ethyl adjacent to an activating group) is 1. The molecule has 0 bridgehead atoms. The van der Waals surface area contributed by atoms with Crippen molar-refractivity contribution in [1.82, 2.24) is 14.8 Å². The van der Waals surface area contributed by atoms with Gasteiger partial charge in [0.15, 0.2) is 0 Å². The van der Waals surface area contributed by atoms with E-state index < -0.39 is 23.9 Å². The van der Waals surface area contributed by atoms with Crippen LogP contribution in [0.2, 0.25) is 0 Å². The van der Waals surface area contributed by atoms with Crippen molar-refractivity contribution in [3.63, 3.8) is 0 Å². The van der Waals surface area contributed by atoms with E-state index >= 15 is 0 Å². The van der Waals surface area contributed by atoms with Crippen molar-refractivity contribution in [2.24, 2.45) is 5.92 Å². The minimum absolute atomic E-state index is 0.0170. The summed E-state index contributed by atoms with van der Waals surface area (Å²) in [6.45, 7) is 3.97. The third-order valence-electron chi connectivity index (χ3n) is 5.39. The highest BCUT2D eigenvalue weighted by Gasteiger charge is 2.34. The molecule has 0 fully saturated rings. The van der Waals surface area contributed by atoms with Gasteiger partial charge in [0, 0.05) is 30.2 Å². The second-order valence-electron chi connectivity index (χ2n) is 7.79. The van der Waals surface area contributed by atoms with Crippen LogP contribution in [-0.4, -0.2) is 70.6 Å². The van der Waals surface area contributed by atoms with Crippen LogP contribution in [0, 0.1) is 11.7 Å². The molecule has 0 saturated heterocycles. The van der Waals surface area contributed by atoms with Gasteiger partial charge in [-0.15, -0.1) is 0 Å². The van der Waals surface area contributed by atoms with Crippen molar-refractivity contribution in [3.05, 3.63) is 57.9 Å². The zero-order chi connectivity index (χ0) is 22.7. The van der Waals surface area contributed by atoms with Gasteiger partial charge in [0.2, 0.25) is 5.88 Å². The molecule has 0 aliphatic carbocycles. The number of aliphatic hydroxyl groups is 1. The third-order valence-corrected chi connectivity index (χ3v) is 5.83. The molecule has 1 aliphatic rings. The first-order valence-electron chi connectivity index (χ1n) is 9.97. The molecule has 0 spiro atoms. The third kappa shape index (κ3) is 5.04. The quantitative estimate of drug-likeness (QED) is 0.692. The number of hydrogen-bond donors (Lipinski definition) is 1. The van der Waals surface area contributed by atoms with Gasteiger partial charge in [0.25, 0.3) is 11.8 Å². The SMILES string of the molecule is C[C@@H]1CN([C@H](C)CO)C(=O)c2cc(Br)cnc2O[C@H]1CN(C)C(=O)c1ccccc1F. The average molecular weight is 494 g/mol. The molecule has 2 aromatic rings. The highest BCUT2D eigenvalue weighted by Crippen LogP contribution is 2.28. The Kier molecular flexibility index (Phi) is 7.27. The molecule has 9 heteroatoms. The van der Waals surface area contributed by atoms with E-state index in [2.05, 4.69) is 20.9 Å². The Labute approximate surface area is 189 Å². The van der Waals surface area contributed by atoms with Gasteiger partial charge in [-0.25, -0.2) is 9.37 Å². The first kappa shape index (κ1) is 23.1. The maximum Gasteiger partial charge on any atom is 0.259 e. The number of aliphatic hydroxyl groups excluding tert-OH is 1. The van der Waals surface area contributed by atoms with E-state index in [1.807, 2.05) is 6.92 Å². The zero-order valence-corrected chi connectivity index (χ0v) is 19.2. The van der Waals surface area contributed by atoms with Crippen LogP contribution in [0.15, 0.2) is 41.0 Å². The van der Waals surface area contributed by atoms with Crippen LogP contribution in [0.4, 0.5) is 4.39 Å². The number of fused-ring (bicyclic) bond motifs is 1. The van der Waals surface area contributed by atoms with E-state index in [9.17, 15) is 19.1 Å². The van der Waals surface area contributed by atoms with E-state index in [1.165, 1.54) is 29.3 Å². The first-order valence-corrected chi connectivity index (χ1v) is 10.8. The molecule has 0 saturated carbocycles. The summed E-state index contributed by atoms with van der Waals surface area (Å²) in [5.74, 6) is -1.36.